The van der Waals surface area contributed by atoms with E-state index in [1.165, 1.54) is 5.56 Å². The zero-order chi connectivity index (χ0) is 17.1. The molecule has 0 spiro atoms. The normalized spacial score (nSPS) is 11.2. The number of pyridine rings is 1. The predicted octanol–water partition coefficient (Wildman–Crippen LogP) is 3.56. The molecule has 0 saturated heterocycles. The Balaban J connectivity index is 1.47. The molecule has 0 bridgehead atoms. The van der Waals surface area contributed by atoms with Crippen molar-refractivity contribution in [3.63, 3.8) is 0 Å². The quantitative estimate of drug-likeness (QED) is 0.549. The maximum absolute atomic E-state index is 5.97. The second kappa shape index (κ2) is 6.91. The van der Waals surface area contributed by atoms with Gasteiger partial charge < -0.3 is 9.73 Å². The molecule has 5 nitrogen and oxygen atoms in total. The van der Waals surface area contributed by atoms with Gasteiger partial charge in [-0.1, -0.05) is 24.3 Å². The summed E-state index contributed by atoms with van der Waals surface area (Å²) in [5.41, 5.74) is 4.15. The highest BCUT2D eigenvalue weighted by Gasteiger charge is 2.14. The van der Waals surface area contributed by atoms with Crippen LogP contribution in [0, 0.1) is 0 Å². The highest BCUT2D eigenvalue weighted by Crippen LogP contribution is 2.28. The number of hydrogen-bond donors (Lipinski definition) is 1. The number of nitrogens with one attached hydrogen (secondary N) is 1. The van der Waals surface area contributed by atoms with Gasteiger partial charge in [-0.15, -0.1) is 0 Å². The van der Waals surface area contributed by atoms with Crippen molar-refractivity contribution in [2.75, 3.05) is 6.54 Å². The van der Waals surface area contributed by atoms with E-state index >= 15 is 0 Å². The van der Waals surface area contributed by atoms with Gasteiger partial charge in [0, 0.05) is 43.1 Å². The van der Waals surface area contributed by atoms with Crippen LogP contribution in [0.4, 0.5) is 0 Å². The van der Waals surface area contributed by atoms with Crippen LogP contribution >= 0.6 is 0 Å². The number of fused-ring (bicyclic) bond motifs is 1. The van der Waals surface area contributed by atoms with E-state index < -0.39 is 0 Å². The van der Waals surface area contributed by atoms with E-state index in [1.54, 1.807) is 6.20 Å². The third kappa shape index (κ3) is 3.46. The minimum Gasteiger partial charge on any atom is -0.454 e. The SMILES string of the molecule is Cn1cc(CNCCc2cccnc2)c(-c2cc3ccccc3o2)n1. The van der Waals surface area contributed by atoms with Crippen LogP contribution in [0.2, 0.25) is 0 Å². The van der Waals surface area contributed by atoms with Gasteiger partial charge in [0.1, 0.15) is 11.3 Å². The number of furan rings is 1. The van der Waals surface area contributed by atoms with Gasteiger partial charge in [-0.05, 0) is 36.7 Å². The summed E-state index contributed by atoms with van der Waals surface area (Å²) in [4.78, 5) is 4.15. The summed E-state index contributed by atoms with van der Waals surface area (Å²) in [6, 6.07) is 14.1. The number of nitrogens with zero attached hydrogens (tertiary/aromatic N) is 3. The summed E-state index contributed by atoms with van der Waals surface area (Å²) >= 11 is 0. The second-order valence-corrected chi connectivity index (χ2v) is 6.11. The molecule has 3 aromatic heterocycles. The number of aromatic nitrogens is 3. The largest absolute Gasteiger partial charge is 0.454 e. The minimum atomic E-state index is 0.750. The molecular formula is C20H20N4O. The maximum atomic E-state index is 5.97. The van der Waals surface area contributed by atoms with Gasteiger partial charge in [-0.2, -0.15) is 5.10 Å². The lowest BCUT2D eigenvalue weighted by molar-refractivity contribution is 0.622. The Bertz CT molecular complexity index is 939. The van der Waals surface area contributed by atoms with E-state index in [9.17, 15) is 0 Å². The predicted molar refractivity (Wildman–Crippen MR) is 98.1 cm³/mol. The Hall–Kier alpha value is -2.92. The summed E-state index contributed by atoms with van der Waals surface area (Å²) in [5.74, 6) is 0.811. The smallest absolute Gasteiger partial charge is 0.156 e. The number of para-hydroxylation sites is 1. The summed E-state index contributed by atoms with van der Waals surface area (Å²) in [7, 11) is 1.94. The van der Waals surface area contributed by atoms with Crippen LogP contribution in [-0.2, 0) is 20.0 Å². The fraction of sp³-hybridized carbons (Fsp3) is 0.200. The first-order chi connectivity index (χ1) is 12.3. The van der Waals surface area contributed by atoms with Gasteiger partial charge in [-0.3, -0.25) is 9.67 Å². The van der Waals surface area contributed by atoms with Crippen molar-refractivity contribution in [2.24, 2.45) is 7.05 Å². The molecule has 4 rings (SSSR count). The molecule has 1 aromatic carbocycles. The molecule has 0 fully saturated rings. The van der Waals surface area contributed by atoms with E-state index in [2.05, 4.69) is 33.6 Å². The van der Waals surface area contributed by atoms with Gasteiger partial charge in [-0.25, -0.2) is 0 Å². The fourth-order valence-corrected chi connectivity index (χ4v) is 2.97. The third-order valence-corrected chi connectivity index (χ3v) is 4.19. The van der Waals surface area contributed by atoms with E-state index in [0.29, 0.717) is 0 Å². The van der Waals surface area contributed by atoms with Crippen molar-refractivity contribution in [2.45, 2.75) is 13.0 Å². The standard InChI is InChI=1S/C20H20N4O/c1-24-14-17(13-22-10-8-15-5-4-9-21-12-15)20(23-24)19-11-16-6-2-3-7-18(16)25-19/h2-7,9,11-12,14,22H,8,10,13H2,1H3. The van der Waals surface area contributed by atoms with Crippen LogP contribution in [0.15, 0.2) is 65.5 Å². The average Bonchev–Trinajstić information content (AvgIpc) is 3.22. The monoisotopic (exact) mass is 332 g/mol. The van der Waals surface area contributed by atoms with Crippen molar-refractivity contribution in [3.8, 4) is 11.5 Å². The van der Waals surface area contributed by atoms with Crippen molar-refractivity contribution >= 4 is 11.0 Å². The molecule has 3 heterocycles. The molecule has 4 aromatic rings. The highest BCUT2D eigenvalue weighted by atomic mass is 16.3. The van der Waals surface area contributed by atoms with Gasteiger partial charge in [0.05, 0.1) is 0 Å². The van der Waals surface area contributed by atoms with Crippen LogP contribution in [0.1, 0.15) is 11.1 Å². The average molecular weight is 332 g/mol. The second-order valence-electron chi connectivity index (χ2n) is 6.11. The van der Waals surface area contributed by atoms with Crippen molar-refractivity contribution in [1.29, 1.82) is 0 Å². The van der Waals surface area contributed by atoms with E-state index in [-0.39, 0.29) is 0 Å². The van der Waals surface area contributed by atoms with Crippen LogP contribution in [-0.4, -0.2) is 21.3 Å². The highest BCUT2D eigenvalue weighted by molar-refractivity contribution is 5.82. The lowest BCUT2D eigenvalue weighted by Crippen LogP contribution is -2.16. The zero-order valence-electron chi connectivity index (χ0n) is 14.1. The zero-order valence-corrected chi connectivity index (χ0v) is 14.1. The number of benzene rings is 1. The molecule has 0 aliphatic rings. The molecule has 0 radical (unpaired) electrons. The van der Waals surface area contributed by atoms with Gasteiger partial charge in [0.2, 0.25) is 0 Å². The van der Waals surface area contributed by atoms with E-state index in [0.717, 1.165) is 47.5 Å². The number of aryl methyl sites for hydroxylation is 1. The molecule has 0 aliphatic carbocycles. The summed E-state index contributed by atoms with van der Waals surface area (Å²) in [6.45, 7) is 1.64. The fourth-order valence-electron chi connectivity index (χ4n) is 2.97. The minimum absolute atomic E-state index is 0.750. The lowest BCUT2D eigenvalue weighted by atomic mass is 10.2. The summed E-state index contributed by atoms with van der Waals surface area (Å²) < 4.78 is 7.81. The van der Waals surface area contributed by atoms with Crippen molar-refractivity contribution < 1.29 is 4.42 Å². The third-order valence-electron chi connectivity index (χ3n) is 4.19. The Morgan fingerprint density at radius 1 is 1.16 bits per heavy atom. The van der Waals surface area contributed by atoms with E-state index in [1.807, 2.05) is 48.4 Å². The van der Waals surface area contributed by atoms with Crippen LogP contribution in [0.3, 0.4) is 0 Å². The number of hydrogen-bond acceptors (Lipinski definition) is 4. The Kier molecular flexibility index (Phi) is 4.31. The Morgan fingerprint density at radius 3 is 2.92 bits per heavy atom. The first kappa shape index (κ1) is 15.6. The molecule has 0 aliphatic heterocycles. The molecule has 1 N–H and O–H groups in total. The molecule has 0 saturated carbocycles. The molecular weight excluding hydrogens is 312 g/mol. The van der Waals surface area contributed by atoms with Crippen LogP contribution in [0.5, 0.6) is 0 Å². The molecule has 126 valence electrons. The first-order valence-corrected chi connectivity index (χ1v) is 8.41. The summed E-state index contributed by atoms with van der Waals surface area (Å²) in [5, 5.41) is 9.17. The molecule has 0 unspecified atom stereocenters. The molecule has 25 heavy (non-hydrogen) atoms. The van der Waals surface area contributed by atoms with Crippen LogP contribution in [0.25, 0.3) is 22.4 Å². The van der Waals surface area contributed by atoms with Gasteiger partial charge in [0.25, 0.3) is 0 Å². The first-order valence-electron chi connectivity index (χ1n) is 8.41. The van der Waals surface area contributed by atoms with Crippen molar-refractivity contribution in [3.05, 3.63) is 72.2 Å². The molecule has 0 atom stereocenters. The van der Waals surface area contributed by atoms with Crippen LogP contribution < -0.4 is 5.32 Å². The molecule has 0 amide bonds. The molecule has 5 heteroatoms. The lowest BCUT2D eigenvalue weighted by Gasteiger charge is -2.04. The van der Waals surface area contributed by atoms with Crippen molar-refractivity contribution in [1.82, 2.24) is 20.1 Å². The van der Waals surface area contributed by atoms with E-state index in [4.69, 9.17) is 4.42 Å². The van der Waals surface area contributed by atoms with Gasteiger partial charge >= 0.3 is 0 Å². The summed E-state index contributed by atoms with van der Waals surface area (Å²) in [6.07, 6.45) is 6.70. The maximum Gasteiger partial charge on any atom is 0.156 e. The van der Waals surface area contributed by atoms with Gasteiger partial charge in [0.15, 0.2) is 5.76 Å². The number of rotatable bonds is 6. The topological polar surface area (TPSA) is 55.9 Å². The Labute approximate surface area is 146 Å². The Morgan fingerprint density at radius 2 is 2.08 bits per heavy atom.